The minimum Gasteiger partial charge on any atom is -0.487 e. The van der Waals surface area contributed by atoms with E-state index in [0.717, 1.165) is 48.4 Å². The van der Waals surface area contributed by atoms with E-state index < -0.39 is 12.2 Å². The van der Waals surface area contributed by atoms with E-state index in [1.54, 1.807) is 0 Å². The van der Waals surface area contributed by atoms with Crippen LogP contribution in [-0.4, -0.2) is 40.3 Å². The number of aliphatic hydroxyl groups excluding tert-OH is 2. The second-order valence-corrected chi connectivity index (χ2v) is 8.85. The SMILES string of the molecule is O[C@@H](CN1CCC2(CC1)C[C@H](O)c1ccccc1O2)c1ccc(-c2ccccc2)cc1. The zero-order valence-electron chi connectivity index (χ0n) is 17.7. The summed E-state index contributed by atoms with van der Waals surface area (Å²) in [5.74, 6) is 0.813. The van der Waals surface area contributed by atoms with E-state index in [9.17, 15) is 10.2 Å². The molecule has 2 heterocycles. The number of likely N-dealkylation sites (tertiary alicyclic amines) is 1. The van der Waals surface area contributed by atoms with Crippen molar-refractivity contribution in [2.75, 3.05) is 19.6 Å². The highest BCUT2D eigenvalue weighted by atomic mass is 16.5. The zero-order valence-corrected chi connectivity index (χ0v) is 17.7. The van der Waals surface area contributed by atoms with Gasteiger partial charge in [-0.15, -0.1) is 0 Å². The molecule has 0 unspecified atom stereocenters. The summed E-state index contributed by atoms with van der Waals surface area (Å²) in [5, 5.41) is 21.4. The second-order valence-electron chi connectivity index (χ2n) is 8.85. The summed E-state index contributed by atoms with van der Waals surface area (Å²) < 4.78 is 6.37. The van der Waals surface area contributed by atoms with Gasteiger partial charge in [0, 0.05) is 31.6 Å². The van der Waals surface area contributed by atoms with Gasteiger partial charge in [0.15, 0.2) is 0 Å². The van der Waals surface area contributed by atoms with E-state index in [0.29, 0.717) is 13.0 Å². The molecule has 160 valence electrons. The fraction of sp³-hybridized carbons (Fsp3) is 0.333. The lowest BCUT2D eigenvalue weighted by Gasteiger charge is -2.46. The molecule has 1 saturated heterocycles. The van der Waals surface area contributed by atoms with Gasteiger partial charge in [0.05, 0.1) is 12.2 Å². The van der Waals surface area contributed by atoms with Crippen LogP contribution in [-0.2, 0) is 0 Å². The first-order valence-corrected chi connectivity index (χ1v) is 11.1. The van der Waals surface area contributed by atoms with Crippen LogP contribution in [0.3, 0.4) is 0 Å². The van der Waals surface area contributed by atoms with Gasteiger partial charge < -0.3 is 19.8 Å². The highest BCUT2D eigenvalue weighted by Crippen LogP contribution is 2.44. The van der Waals surface area contributed by atoms with Gasteiger partial charge in [-0.25, -0.2) is 0 Å². The molecule has 0 saturated carbocycles. The number of rotatable bonds is 4. The summed E-state index contributed by atoms with van der Waals surface area (Å²) in [5.41, 5.74) is 3.88. The lowest BCUT2D eigenvalue weighted by atomic mass is 9.81. The number of β-amino-alcohol motifs (C(OH)–C–C–N with tert-alkyl or cyclic N) is 1. The zero-order chi connectivity index (χ0) is 21.3. The molecule has 0 radical (unpaired) electrons. The average molecular weight is 416 g/mol. The maximum atomic E-state index is 10.8. The van der Waals surface area contributed by atoms with Crippen LogP contribution < -0.4 is 4.74 Å². The Balaban J connectivity index is 1.19. The average Bonchev–Trinajstić information content (AvgIpc) is 2.81. The van der Waals surface area contributed by atoms with E-state index >= 15 is 0 Å². The first-order chi connectivity index (χ1) is 15.1. The molecule has 4 nitrogen and oxygen atoms in total. The minimum atomic E-state index is -0.516. The minimum absolute atomic E-state index is 0.299. The van der Waals surface area contributed by atoms with Crippen molar-refractivity contribution in [3.05, 3.63) is 90.0 Å². The van der Waals surface area contributed by atoms with Gasteiger partial charge in [0.25, 0.3) is 0 Å². The summed E-state index contributed by atoms with van der Waals surface area (Å²) in [6.07, 6.45) is 1.37. The molecule has 5 rings (SSSR count). The predicted molar refractivity (Wildman–Crippen MR) is 122 cm³/mol. The van der Waals surface area contributed by atoms with Crippen LogP contribution in [0, 0.1) is 0 Å². The summed E-state index contributed by atoms with van der Waals surface area (Å²) in [6, 6.07) is 26.3. The lowest BCUT2D eigenvalue weighted by molar-refractivity contribution is -0.0587. The van der Waals surface area contributed by atoms with Crippen LogP contribution in [0.5, 0.6) is 5.75 Å². The number of para-hydroxylation sites is 1. The Bertz CT molecular complexity index is 1010. The van der Waals surface area contributed by atoms with Crippen molar-refractivity contribution in [1.29, 1.82) is 0 Å². The third kappa shape index (κ3) is 4.24. The molecule has 1 fully saturated rings. The molecule has 3 aromatic rings. The number of nitrogens with zero attached hydrogens (tertiary/aromatic N) is 1. The first kappa shape index (κ1) is 20.3. The molecule has 2 atom stereocenters. The topological polar surface area (TPSA) is 52.9 Å². The van der Waals surface area contributed by atoms with Gasteiger partial charge in [-0.1, -0.05) is 72.8 Å². The third-order valence-electron chi connectivity index (χ3n) is 6.77. The number of aliphatic hydroxyl groups is 2. The number of piperidine rings is 1. The quantitative estimate of drug-likeness (QED) is 0.646. The monoisotopic (exact) mass is 415 g/mol. The Morgan fingerprint density at radius 1 is 0.871 bits per heavy atom. The van der Waals surface area contributed by atoms with Crippen molar-refractivity contribution < 1.29 is 14.9 Å². The van der Waals surface area contributed by atoms with Gasteiger partial charge in [-0.05, 0) is 35.6 Å². The normalized spacial score (nSPS) is 21.3. The molecular formula is C27H29NO3. The van der Waals surface area contributed by atoms with Crippen LogP contribution in [0.25, 0.3) is 11.1 Å². The van der Waals surface area contributed by atoms with Gasteiger partial charge in [-0.2, -0.15) is 0 Å². The molecule has 0 amide bonds. The van der Waals surface area contributed by atoms with Gasteiger partial charge in [0.1, 0.15) is 11.4 Å². The van der Waals surface area contributed by atoms with E-state index in [-0.39, 0.29) is 5.60 Å². The van der Waals surface area contributed by atoms with E-state index in [2.05, 4.69) is 29.2 Å². The molecule has 31 heavy (non-hydrogen) atoms. The molecule has 0 aliphatic carbocycles. The maximum Gasteiger partial charge on any atom is 0.125 e. The molecule has 1 spiro atoms. The molecular weight excluding hydrogens is 386 g/mol. The van der Waals surface area contributed by atoms with E-state index in [1.807, 2.05) is 54.6 Å². The summed E-state index contributed by atoms with van der Waals surface area (Å²) in [6.45, 7) is 2.32. The summed E-state index contributed by atoms with van der Waals surface area (Å²) in [7, 11) is 0. The van der Waals surface area contributed by atoms with E-state index in [4.69, 9.17) is 4.74 Å². The van der Waals surface area contributed by atoms with Gasteiger partial charge in [-0.3, -0.25) is 0 Å². The Morgan fingerprint density at radius 2 is 1.52 bits per heavy atom. The number of benzene rings is 3. The van der Waals surface area contributed by atoms with Crippen molar-refractivity contribution in [3.63, 3.8) is 0 Å². The third-order valence-corrected chi connectivity index (χ3v) is 6.77. The van der Waals surface area contributed by atoms with Crippen LogP contribution in [0.15, 0.2) is 78.9 Å². The maximum absolute atomic E-state index is 10.8. The Morgan fingerprint density at radius 3 is 2.26 bits per heavy atom. The first-order valence-electron chi connectivity index (χ1n) is 11.1. The fourth-order valence-corrected chi connectivity index (χ4v) is 4.91. The van der Waals surface area contributed by atoms with Gasteiger partial charge in [0.2, 0.25) is 0 Å². The Kier molecular flexibility index (Phi) is 5.53. The molecule has 2 aliphatic heterocycles. The molecule has 2 N–H and O–H groups in total. The van der Waals surface area contributed by atoms with Crippen molar-refractivity contribution in [2.24, 2.45) is 0 Å². The lowest BCUT2D eigenvalue weighted by Crippen LogP contribution is -2.51. The molecule has 0 aromatic heterocycles. The van der Waals surface area contributed by atoms with Crippen molar-refractivity contribution >= 4 is 0 Å². The van der Waals surface area contributed by atoms with Crippen LogP contribution in [0.2, 0.25) is 0 Å². The Hall–Kier alpha value is -2.66. The summed E-state index contributed by atoms with van der Waals surface area (Å²) in [4.78, 5) is 2.30. The molecule has 4 heteroatoms. The molecule has 2 aliphatic rings. The second kappa shape index (κ2) is 8.46. The van der Waals surface area contributed by atoms with Crippen molar-refractivity contribution in [3.8, 4) is 16.9 Å². The highest BCUT2D eigenvalue weighted by Gasteiger charge is 2.42. The van der Waals surface area contributed by atoms with Crippen LogP contribution in [0.1, 0.15) is 42.6 Å². The number of fused-ring (bicyclic) bond motifs is 1. The Labute approximate surface area is 183 Å². The van der Waals surface area contributed by atoms with Gasteiger partial charge >= 0.3 is 0 Å². The number of hydrogen-bond acceptors (Lipinski definition) is 4. The standard InChI is InChI=1S/C27H29NO3/c29-24-18-27(31-26-9-5-4-8-23(24)26)14-16-28(17-15-27)19-25(30)22-12-10-21(11-13-22)20-6-2-1-3-7-20/h1-13,24-25,29-30H,14-19H2/t24-,25-/m0/s1. The molecule has 0 bridgehead atoms. The van der Waals surface area contributed by atoms with Crippen LogP contribution in [0.4, 0.5) is 0 Å². The number of hydrogen-bond donors (Lipinski definition) is 2. The van der Waals surface area contributed by atoms with E-state index in [1.165, 1.54) is 5.56 Å². The fourth-order valence-electron chi connectivity index (χ4n) is 4.91. The van der Waals surface area contributed by atoms with Crippen LogP contribution >= 0.6 is 0 Å². The highest BCUT2D eigenvalue weighted by molar-refractivity contribution is 5.63. The smallest absolute Gasteiger partial charge is 0.125 e. The predicted octanol–water partition coefficient (Wildman–Crippen LogP) is 4.74. The number of ether oxygens (including phenoxy) is 1. The van der Waals surface area contributed by atoms with Crippen molar-refractivity contribution in [1.82, 2.24) is 4.90 Å². The molecule has 3 aromatic carbocycles. The van der Waals surface area contributed by atoms with Crippen molar-refractivity contribution in [2.45, 2.75) is 37.1 Å². The summed E-state index contributed by atoms with van der Waals surface area (Å²) >= 11 is 0. The largest absolute Gasteiger partial charge is 0.487 e.